The molecular formula is C22H24N2O7S. The van der Waals surface area contributed by atoms with E-state index in [1.54, 1.807) is 17.6 Å². The van der Waals surface area contributed by atoms with Crippen molar-refractivity contribution in [1.82, 2.24) is 4.57 Å². The van der Waals surface area contributed by atoms with E-state index in [9.17, 15) is 15.2 Å². The van der Waals surface area contributed by atoms with Crippen molar-refractivity contribution < 1.29 is 28.7 Å². The molecular weight excluding hydrogens is 436 g/mol. The van der Waals surface area contributed by atoms with Crippen LogP contribution in [-0.2, 0) is 9.47 Å². The van der Waals surface area contributed by atoms with Gasteiger partial charge in [-0.3, -0.25) is 14.7 Å². The average Bonchev–Trinajstić information content (AvgIpc) is 3.10. The van der Waals surface area contributed by atoms with Crippen LogP contribution in [0.3, 0.4) is 0 Å². The highest BCUT2D eigenvalue weighted by Gasteiger charge is 2.54. The summed E-state index contributed by atoms with van der Waals surface area (Å²) < 4.78 is 25.2. The molecule has 3 aromatic rings. The Hall–Kier alpha value is -2.79. The number of nitro groups is 1. The number of oxazole rings is 1. The van der Waals surface area contributed by atoms with Crippen molar-refractivity contribution in [2.24, 2.45) is 0 Å². The van der Waals surface area contributed by atoms with Crippen LogP contribution < -0.4 is 4.74 Å². The van der Waals surface area contributed by atoms with Gasteiger partial charge in [0.15, 0.2) is 17.5 Å². The molecule has 2 heterocycles. The van der Waals surface area contributed by atoms with Crippen LogP contribution in [0, 0.1) is 15.0 Å². The number of hydrogen-bond donors (Lipinski definition) is 1. The minimum atomic E-state index is -1.34. The third-order valence-electron chi connectivity index (χ3n) is 5.64. The van der Waals surface area contributed by atoms with E-state index in [2.05, 4.69) is 0 Å². The molecule has 0 aliphatic carbocycles. The van der Waals surface area contributed by atoms with Gasteiger partial charge in [0.1, 0.15) is 11.9 Å². The van der Waals surface area contributed by atoms with E-state index in [0.29, 0.717) is 35.6 Å². The Balaban J connectivity index is 1.97. The van der Waals surface area contributed by atoms with Gasteiger partial charge >= 0.3 is 0 Å². The summed E-state index contributed by atoms with van der Waals surface area (Å²) in [4.78, 5) is 11.1. The maximum absolute atomic E-state index is 11.7. The van der Waals surface area contributed by atoms with Crippen molar-refractivity contribution in [1.29, 1.82) is 0 Å². The predicted molar refractivity (Wildman–Crippen MR) is 118 cm³/mol. The molecule has 0 saturated heterocycles. The smallest absolute Gasteiger partial charge is 0.270 e. The number of hydrogen-bond acceptors (Lipinski definition) is 8. The molecule has 0 unspecified atom stereocenters. The summed E-state index contributed by atoms with van der Waals surface area (Å²) in [5.74, 6) is 0.366. The fourth-order valence-electron chi connectivity index (χ4n) is 4.15. The standard InChI is InChI=1S/C22H24N2O7S/c1-4-28-20(29-5-2)22(3)19(25)18(14-12-13(24(26)27)10-11-16(14)31-22)23-15-8-6-7-9-17(15)30-21(23)32/h6-12,18-20,25H,4-5H2,1-3H3/t18-,19+,22-/m0/s1. The highest BCUT2D eigenvalue weighted by molar-refractivity contribution is 7.71. The van der Waals surface area contributed by atoms with Crippen molar-refractivity contribution in [2.45, 2.75) is 44.8 Å². The van der Waals surface area contributed by atoms with Gasteiger partial charge in [0.25, 0.3) is 10.5 Å². The Labute approximate surface area is 189 Å². The van der Waals surface area contributed by atoms with E-state index in [1.165, 1.54) is 18.2 Å². The molecule has 1 aliphatic heterocycles. The van der Waals surface area contributed by atoms with Gasteiger partial charge in [-0.25, -0.2) is 0 Å². The molecule has 9 nitrogen and oxygen atoms in total. The zero-order chi connectivity index (χ0) is 23.0. The number of aliphatic hydroxyl groups excluding tert-OH is 1. The summed E-state index contributed by atoms with van der Waals surface area (Å²) in [6.45, 7) is 6.00. The first-order valence-corrected chi connectivity index (χ1v) is 10.7. The van der Waals surface area contributed by atoms with Crippen LogP contribution in [0.15, 0.2) is 46.9 Å². The number of non-ortho nitro benzene ring substituents is 1. The monoisotopic (exact) mass is 460 g/mol. The summed E-state index contributed by atoms with van der Waals surface area (Å²) in [6, 6.07) is 10.6. The van der Waals surface area contributed by atoms with Gasteiger partial charge in [-0.1, -0.05) is 12.1 Å². The molecule has 32 heavy (non-hydrogen) atoms. The molecule has 4 rings (SSSR count). The number of aromatic nitrogens is 1. The van der Waals surface area contributed by atoms with Gasteiger partial charge in [0.05, 0.1) is 16.5 Å². The second-order valence-electron chi connectivity index (χ2n) is 7.60. The molecule has 170 valence electrons. The Morgan fingerprint density at radius 2 is 1.94 bits per heavy atom. The fourth-order valence-corrected chi connectivity index (χ4v) is 4.45. The second kappa shape index (κ2) is 8.62. The van der Waals surface area contributed by atoms with Crippen LogP contribution in [-0.4, -0.2) is 45.8 Å². The van der Waals surface area contributed by atoms with Crippen LogP contribution in [0.5, 0.6) is 5.75 Å². The average molecular weight is 461 g/mol. The summed E-state index contributed by atoms with van der Waals surface area (Å²) in [5, 5.41) is 23.1. The number of rotatable bonds is 7. The van der Waals surface area contributed by atoms with Crippen LogP contribution in [0.2, 0.25) is 0 Å². The number of benzene rings is 2. The molecule has 0 fully saturated rings. The summed E-state index contributed by atoms with van der Waals surface area (Å²) >= 11 is 5.49. The molecule has 2 aromatic carbocycles. The summed E-state index contributed by atoms with van der Waals surface area (Å²) in [7, 11) is 0. The van der Waals surface area contributed by atoms with Gasteiger partial charge in [0.2, 0.25) is 0 Å². The number of para-hydroxylation sites is 2. The van der Waals surface area contributed by atoms with Crippen LogP contribution >= 0.6 is 12.2 Å². The van der Waals surface area contributed by atoms with Gasteiger partial charge in [0, 0.05) is 30.9 Å². The highest BCUT2D eigenvalue weighted by atomic mass is 32.1. The number of aliphatic hydroxyl groups is 1. The van der Waals surface area contributed by atoms with Crippen molar-refractivity contribution in [2.75, 3.05) is 13.2 Å². The lowest BCUT2D eigenvalue weighted by atomic mass is 9.84. The molecule has 0 spiro atoms. The molecule has 0 saturated carbocycles. The summed E-state index contributed by atoms with van der Waals surface area (Å²) in [5.41, 5.74) is 0.133. The maximum atomic E-state index is 11.7. The first-order chi connectivity index (χ1) is 15.3. The topological polar surface area (TPSA) is 109 Å². The molecule has 1 aliphatic rings. The minimum absolute atomic E-state index is 0.126. The molecule has 0 bridgehead atoms. The lowest BCUT2D eigenvalue weighted by Gasteiger charge is -2.47. The first-order valence-electron chi connectivity index (χ1n) is 10.3. The third kappa shape index (κ3) is 3.58. The maximum Gasteiger partial charge on any atom is 0.270 e. The van der Waals surface area contributed by atoms with Crippen molar-refractivity contribution >= 4 is 29.0 Å². The molecule has 3 atom stereocenters. The Morgan fingerprint density at radius 1 is 1.25 bits per heavy atom. The zero-order valence-corrected chi connectivity index (χ0v) is 18.7. The first kappa shape index (κ1) is 22.4. The number of fused-ring (bicyclic) bond motifs is 2. The molecule has 1 aromatic heterocycles. The fraction of sp³-hybridized carbons (Fsp3) is 0.409. The van der Waals surface area contributed by atoms with E-state index in [4.69, 9.17) is 30.8 Å². The quantitative estimate of drug-likeness (QED) is 0.240. The lowest BCUT2D eigenvalue weighted by Crippen LogP contribution is -2.61. The van der Waals surface area contributed by atoms with E-state index >= 15 is 0 Å². The second-order valence-corrected chi connectivity index (χ2v) is 7.95. The lowest BCUT2D eigenvalue weighted by molar-refractivity contribution is -0.385. The van der Waals surface area contributed by atoms with Gasteiger partial charge < -0.3 is 23.7 Å². The molecule has 0 amide bonds. The number of nitro benzene ring substituents is 1. The molecule has 0 radical (unpaired) electrons. The van der Waals surface area contributed by atoms with E-state index in [-0.39, 0.29) is 10.5 Å². The normalized spacial score (nSPS) is 22.7. The zero-order valence-electron chi connectivity index (χ0n) is 17.9. The van der Waals surface area contributed by atoms with Gasteiger partial charge in [-0.05, 0) is 51.2 Å². The number of nitrogens with zero attached hydrogens (tertiary/aromatic N) is 2. The predicted octanol–water partition coefficient (Wildman–Crippen LogP) is 4.37. The third-order valence-corrected chi connectivity index (χ3v) is 5.92. The van der Waals surface area contributed by atoms with Gasteiger partial charge in [-0.2, -0.15) is 0 Å². The molecule has 10 heteroatoms. The van der Waals surface area contributed by atoms with Crippen molar-refractivity contribution in [3.63, 3.8) is 0 Å². The van der Waals surface area contributed by atoms with Crippen molar-refractivity contribution in [3.8, 4) is 5.75 Å². The van der Waals surface area contributed by atoms with Crippen LogP contribution in [0.4, 0.5) is 5.69 Å². The summed E-state index contributed by atoms with van der Waals surface area (Å²) in [6.07, 6.45) is -2.14. The Kier molecular flexibility index (Phi) is 6.04. The van der Waals surface area contributed by atoms with E-state index < -0.39 is 29.0 Å². The SMILES string of the molecule is CCOC(OCC)[C@@]1(C)Oc2ccc([N+](=O)[O-])cc2[C@H](n2c(=S)oc3ccccc32)[C@H]1O. The van der Waals surface area contributed by atoms with Crippen molar-refractivity contribution in [3.05, 3.63) is 63.0 Å². The largest absolute Gasteiger partial charge is 0.479 e. The Morgan fingerprint density at radius 3 is 2.59 bits per heavy atom. The van der Waals surface area contributed by atoms with Crippen LogP contribution in [0.1, 0.15) is 32.4 Å². The number of ether oxygens (including phenoxy) is 3. The molecule has 1 N–H and O–H groups in total. The van der Waals surface area contributed by atoms with E-state index in [0.717, 1.165) is 0 Å². The minimum Gasteiger partial charge on any atom is -0.479 e. The van der Waals surface area contributed by atoms with Crippen LogP contribution in [0.25, 0.3) is 11.1 Å². The van der Waals surface area contributed by atoms with E-state index in [1.807, 2.05) is 32.0 Å². The Bertz CT molecular complexity index is 1200. The highest BCUT2D eigenvalue weighted by Crippen LogP contribution is 2.46. The van der Waals surface area contributed by atoms with Gasteiger partial charge in [-0.15, -0.1) is 0 Å².